The zero-order valence-electron chi connectivity index (χ0n) is 12.5. The molecule has 0 saturated heterocycles. The molecule has 2 N–H and O–H groups in total. The molecule has 1 rings (SSSR count). The smallest absolute Gasteiger partial charge is 0.292 e. The lowest BCUT2D eigenvalue weighted by Gasteiger charge is -2.28. The summed E-state index contributed by atoms with van der Waals surface area (Å²) in [6.45, 7) is 7.33. The lowest BCUT2D eigenvalue weighted by molar-refractivity contribution is -0.384. The van der Waals surface area contributed by atoms with Crippen LogP contribution in [0, 0.1) is 10.1 Å². The number of nitrogens with one attached hydrogen (secondary N) is 1. The van der Waals surface area contributed by atoms with Crippen molar-refractivity contribution in [3.8, 4) is 0 Å². The van der Waals surface area contributed by atoms with Crippen LogP contribution in [-0.2, 0) is 6.54 Å². The highest BCUT2D eigenvalue weighted by Crippen LogP contribution is 2.28. The molecule has 6 heteroatoms. The number of rotatable bonds is 7. The molecule has 6 nitrogen and oxygen atoms in total. The molecule has 0 bridgehead atoms. The summed E-state index contributed by atoms with van der Waals surface area (Å²) in [6, 6.07) is 5.04. The number of likely N-dealkylation sites (N-methyl/N-ethyl adjacent to an activating group) is 1. The van der Waals surface area contributed by atoms with E-state index in [9.17, 15) is 15.2 Å². The van der Waals surface area contributed by atoms with Crippen molar-refractivity contribution in [2.24, 2.45) is 0 Å². The van der Waals surface area contributed by atoms with E-state index in [2.05, 4.69) is 10.2 Å². The van der Waals surface area contributed by atoms with E-state index in [0.717, 1.165) is 12.1 Å². The number of nitro benzene ring substituents is 1. The molecule has 0 fully saturated rings. The van der Waals surface area contributed by atoms with Crippen LogP contribution in [0.25, 0.3) is 0 Å². The molecule has 112 valence electrons. The highest BCUT2D eigenvalue weighted by atomic mass is 16.6. The SMILES string of the molecule is CCN(Cc1cccc([N+](=O)[O-])c1NC)CC(C)(C)O. The maximum absolute atomic E-state index is 11.0. The minimum atomic E-state index is -0.795. The van der Waals surface area contributed by atoms with E-state index >= 15 is 0 Å². The second kappa shape index (κ2) is 6.67. The standard InChI is InChI=1S/C14H23N3O3/c1-5-16(10-14(2,3)18)9-11-7-6-8-12(17(19)20)13(11)15-4/h6-8,15,18H,5,9-10H2,1-4H3. The average Bonchev–Trinajstić information content (AvgIpc) is 2.35. The summed E-state index contributed by atoms with van der Waals surface area (Å²) in [6.07, 6.45) is 0. The van der Waals surface area contributed by atoms with Crippen molar-refractivity contribution in [3.63, 3.8) is 0 Å². The van der Waals surface area contributed by atoms with Gasteiger partial charge in [0.1, 0.15) is 5.69 Å². The highest BCUT2D eigenvalue weighted by Gasteiger charge is 2.21. The molecule has 0 atom stereocenters. The third-order valence-electron chi connectivity index (χ3n) is 3.03. The molecule has 0 amide bonds. The Morgan fingerprint density at radius 3 is 2.55 bits per heavy atom. The lowest BCUT2D eigenvalue weighted by Crippen LogP contribution is -2.38. The first-order valence-electron chi connectivity index (χ1n) is 6.67. The van der Waals surface area contributed by atoms with E-state index in [1.54, 1.807) is 27.0 Å². The van der Waals surface area contributed by atoms with Gasteiger partial charge in [0.2, 0.25) is 0 Å². The molecule has 0 radical (unpaired) electrons. The topological polar surface area (TPSA) is 78.6 Å². The van der Waals surface area contributed by atoms with E-state index in [1.165, 1.54) is 6.07 Å². The molecule has 0 aliphatic heterocycles. The van der Waals surface area contributed by atoms with Crippen LogP contribution < -0.4 is 5.32 Å². The fourth-order valence-corrected chi connectivity index (χ4v) is 2.23. The van der Waals surface area contributed by atoms with Gasteiger partial charge in [0.05, 0.1) is 10.5 Å². The molecule has 0 unspecified atom stereocenters. The summed E-state index contributed by atoms with van der Waals surface area (Å²) in [7, 11) is 1.68. The molecular formula is C14H23N3O3. The predicted octanol–water partition coefficient (Wildman–Crippen LogP) is 2.23. The van der Waals surface area contributed by atoms with Crippen molar-refractivity contribution in [2.75, 3.05) is 25.5 Å². The van der Waals surface area contributed by atoms with Crippen LogP contribution >= 0.6 is 0 Å². The summed E-state index contributed by atoms with van der Waals surface area (Å²) < 4.78 is 0. The Bertz CT molecular complexity index is 469. The molecule has 0 aliphatic carbocycles. The van der Waals surface area contributed by atoms with Gasteiger partial charge in [0, 0.05) is 26.2 Å². The Hall–Kier alpha value is -1.66. The zero-order chi connectivity index (χ0) is 15.3. The molecule has 0 aromatic heterocycles. The molecule has 0 aliphatic rings. The van der Waals surface area contributed by atoms with Gasteiger partial charge in [0.25, 0.3) is 5.69 Å². The number of anilines is 1. The Morgan fingerprint density at radius 1 is 1.45 bits per heavy atom. The van der Waals surface area contributed by atoms with Crippen LogP contribution in [0.3, 0.4) is 0 Å². The van der Waals surface area contributed by atoms with Crippen molar-refractivity contribution in [1.82, 2.24) is 4.90 Å². The monoisotopic (exact) mass is 281 g/mol. The number of aliphatic hydroxyl groups is 1. The minimum Gasteiger partial charge on any atom is -0.389 e. The van der Waals surface area contributed by atoms with Gasteiger partial charge in [0.15, 0.2) is 0 Å². The van der Waals surface area contributed by atoms with E-state index < -0.39 is 5.60 Å². The van der Waals surface area contributed by atoms with E-state index in [0.29, 0.717) is 18.8 Å². The van der Waals surface area contributed by atoms with Gasteiger partial charge in [-0.3, -0.25) is 15.0 Å². The third kappa shape index (κ3) is 4.47. The largest absolute Gasteiger partial charge is 0.389 e. The zero-order valence-corrected chi connectivity index (χ0v) is 12.5. The van der Waals surface area contributed by atoms with Crippen LogP contribution in [0.4, 0.5) is 11.4 Å². The fourth-order valence-electron chi connectivity index (χ4n) is 2.23. The summed E-state index contributed by atoms with van der Waals surface area (Å²) in [5, 5.41) is 23.8. The molecule has 0 spiro atoms. The summed E-state index contributed by atoms with van der Waals surface area (Å²) >= 11 is 0. The maximum Gasteiger partial charge on any atom is 0.292 e. The number of hydrogen-bond donors (Lipinski definition) is 2. The van der Waals surface area contributed by atoms with Crippen LogP contribution in [-0.4, -0.2) is 40.7 Å². The van der Waals surface area contributed by atoms with E-state index in [-0.39, 0.29) is 10.6 Å². The van der Waals surface area contributed by atoms with Gasteiger partial charge < -0.3 is 10.4 Å². The van der Waals surface area contributed by atoms with Gasteiger partial charge in [-0.2, -0.15) is 0 Å². The van der Waals surface area contributed by atoms with Crippen molar-refractivity contribution in [1.29, 1.82) is 0 Å². The average molecular weight is 281 g/mol. The van der Waals surface area contributed by atoms with Crippen LogP contribution in [0.5, 0.6) is 0 Å². The molecule has 1 aromatic rings. The number of nitro groups is 1. The summed E-state index contributed by atoms with van der Waals surface area (Å²) in [5.74, 6) is 0. The second-order valence-corrected chi connectivity index (χ2v) is 5.43. The predicted molar refractivity (Wildman–Crippen MR) is 79.9 cm³/mol. The Kier molecular flexibility index (Phi) is 5.47. The van der Waals surface area contributed by atoms with Crippen LogP contribution in [0.2, 0.25) is 0 Å². The number of nitrogens with zero attached hydrogens (tertiary/aromatic N) is 2. The first-order valence-corrected chi connectivity index (χ1v) is 6.67. The quantitative estimate of drug-likeness (QED) is 0.592. The Balaban J connectivity index is 3.01. The van der Waals surface area contributed by atoms with Gasteiger partial charge in [-0.15, -0.1) is 0 Å². The lowest BCUT2D eigenvalue weighted by atomic mass is 10.1. The van der Waals surface area contributed by atoms with Gasteiger partial charge in [-0.1, -0.05) is 19.1 Å². The first kappa shape index (κ1) is 16.4. The fraction of sp³-hybridized carbons (Fsp3) is 0.571. The molecular weight excluding hydrogens is 258 g/mol. The number of benzene rings is 1. The number of para-hydroxylation sites is 1. The molecule has 0 heterocycles. The van der Waals surface area contributed by atoms with Crippen LogP contribution in [0.15, 0.2) is 18.2 Å². The first-order chi connectivity index (χ1) is 9.28. The second-order valence-electron chi connectivity index (χ2n) is 5.43. The highest BCUT2D eigenvalue weighted by molar-refractivity contribution is 5.66. The van der Waals surface area contributed by atoms with Crippen LogP contribution in [0.1, 0.15) is 26.3 Å². The van der Waals surface area contributed by atoms with Crippen molar-refractivity contribution in [2.45, 2.75) is 32.9 Å². The normalized spacial score (nSPS) is 11.7. The molecule has 20 heavy (non-hydrogen) atoms. The Morgan fingerprint density at radius 2 is 2.10 bits per heavy atom. The Labute approximate surface area is 119 Å². The third-order valence-corrected chi connectivity index (χ3v) is 3.03. The summed E-state index contributed by atoms with van der Waals surface area (Å²) in [5.41, 5.74) is 0.667. The van der Waals surface area contributed by atoms with Crippen molar-refractivity contribution in [3.05, 3.63) is 33.9 Å². The maximum atomic E-state index is 11.0. The van der Waals surface area contributed by atoms with E-state index in [4.69, 9.17) is 0 Å². The van der Waals surface area contributed by atoms with Gasteiger partial charge >= 0.3 is 0 Å². The van der Waals surface area contributed by atoms with Gasteiger partial charge in [-0.05, 0) is 26.0 Å². The summed E-state index contributed by atoms with van der Waals surface area (Å²) in [4.78, 5) is 12.7. The molecule has 0 saturated carbocycles. The van der Waals surface area contributed by atoms with Crippen molar-refractivity contribution >= 4 is 11.4 Å². The van der Waals surface area contributed by atoms with Gasteiger partial charge in [-0.25, -0.2) is 0 Å². The van der Waals surface area contributed by atoms with Crippen molar-refractivity contribution < 1.29 is 10.0 Å². The number of hydrogen-bond acceptors (Lipinski definition) is 5. The minimum absolute atomic E-state index is 0.0734. The van der Waals surface area contributed by atoms with E-state index in [1.807, 2.05) is 13.0 Å². The molecule has 1 aromatic carbocycles.